The van der Waals surface area contributed by atoms with Crippen LogP contribution in [0, 0.1) is 0 Å². The van der Waals surface area contributed by atoms with Crippen molar-refractivity contribution in [1.29, 1.82) is 0 Å². The van der Waals surface area contributed by atoms with Crippen LogP contribution >= 0.6 is 0 Å². The molecule has 1 rings (SSSR count). The van der Waals surface area contributed by atoms with E-state index in [9.17, 15) is 4.79 Å². The monoisotopic (exact) mass is 188 g/mol. The first kappa shape index (κ1) is 12.2. The van der Waals surface area contributed by atoms with Gasteiger partial charge in [-0.1, -0.05) is 13.8 Å². The van der Waals surface area contributed by atoms with Crippen LogP contribution in [0.1, 0.15) is 40.0 Å². The molecule has 0 bridgehead atoms. The molecule has 0 aliphatic heterocycles. The normalized spacial score (nSPS) is 31.8. The summed E-state index contributed by atoms with van der Waals surface area (Å²) in [6.45, 7) is 5.87. The van der Waals surface area contributed by atoms with E-state index in [0.717, 1.165) is 19.3 Å². The van der Waals surface area contributed by atoms with Crippen molar-refractivity contribution in [3.05, 3.63) is 0 Å². The molecule has 1 amide bonds. The van der Waals surface area contributed by atoms with Crippen LogP contribution in [-0.2, 0) is 4.74 Å². The van der Waals surface area contributed by atoms with Gasteiger partial charge in [0.2, 0.25) is 0 Å². The van der Waals surface area contributed by atoms with Crippen LogP contribution in [-0.4, -0.2) is 17.7 Å². The summed E-state index contributed by atoms with van der Waals surface area (Å²) in [5.41, 5.74) is 10.1. The van der Waals surface area contributed by atoms with Crippen molar-refractivity contribution < 1.29 is 9.53 Å². The molecule has 0 spiro atoms. The van der Waals surface area contributed by atoms with Gasteiger partial charge < -0.3 is 16.2 Å². The molecule has 2 atom stereocenters. The molecule has 0 aromatic heterocycles. The minimum absolute atomic E-state index is 0.152. The lowest BCUT2D eigenvalue weighted by molar-refractivity contribution is 0.0359. The van der Waals surface area contributed by atoms with Crippen LogP contribution in [0.4, 0.5) is 4.79 Å². The minimum Gasteiger partial charge on any atom is -0.443 e. The highest BCUT2D eigenvalue weighted by atomic mass is 16.6. The second kappa shape index (κ2) is 5.07. The molecule has 1 fully saturated rings. The van der Waals surface area contributed by atoms with Crippen molar-refractivity contribution in [1.82, 2.24) is 0 Å². The maximum absolute atomic E-state index is 10.4. The predicted octanol–water partition coefficient (Wildman–Crippen LogP) is 1.38. The van der Waals surface area contributed by atoms with Crippen LogP contribution in [0.5, 0.6) is 0 Å². The zero-order valence-corrected chi connectivity index (χ0v) is 8.67. The highest BCUT2D eigenvalue weighted by molar-refractivity contribution is 5.65. The topological polar surface area (TPSA) is 78.3 Å². The largest absolute Gasteiger partial charge is 0.443 e. The maximum Gasteiger partial charge on any atom is 0.405 e. The van der Waals surface area contributed by atoms with E-state index >= 15 is 0 Å². The lowest BCUT2D eigenvalue weighted by Crippen LogP contribution is -2.33. The van der Waals surface area contributed by atoms with E-state index in [4.69, 9.17) is 16.2 Å². The molecule has 1 aliphatic carbocycles. The van der Waals surface area contributed by atoms with E-state index in [1.54, 1.807) is 0 Å². The summed E-state index contributed by atoms with van der Waals surface area (Å²) in [6, 6.07) is 0.152. The first-order valence-corrected chi connectivity index (χ1v) is 4.76. The van der Waals surface area contributed by atoms with E-state index in [1.807, 2.05) is 20.8 Å². The molecule has 1 aliphatic rings. The van der Waals surface area contributed by atoms with Crippen molar-refractivity contribution in [3.63, 3.8) is 0 Å². The second-order valence-corrected chi connectivity index (χ2v) is 3.37. The Morgan fingerprint density at radius 2 is 2.08 bits per heavy atom. The fourth-order valence-corrected chi connectivity index (χ4v) is 1.59. The third kappa shape index (κ3) is 4.12. The van der Waals surface area contributed by atoms with Gasteiger partial charge in [-0.25, -0.2) is 4.79 Å². The SMILES string of the molecule is CC.CC1(OC(N)=O)CCC(N)C1. The Hall–Kier alpha value is -0.770. The van der Waals surface area contributed by atoms with Crippen LogP contribution in [0.15, 0.2) is 0 Å². The molecule has 0 radical (unpaired) electrons. The van der Waals surface area contributed by atoms with Gasteiger partial charge in [0.15, 0.2) is 0 Å². The highest BCUT2D eigenvalue weighted by Crippen LogP contribution is 2.31. The predicted molar refractivity (Wildman–Crippen MR) is 52.2 cm³/mol. The Kier molecular flexibility index (Phi) is 4.77. The third-order valence-corrected chi connectivity index (χ3v) is 2.08. The van der Waals surface area contributed by atoms with Crippen molar-refractivity contribution >= 4 is 6.09 Å². The molecule has 2 unspecified atom stereocenters. The molecule has 78 valence electrons. The van der Waals surface area contributed by atoms with Crippen LogP contribution in [0.2, 0.25) is 0 Å². The van der Waals surface area contributed by atoms with Crippen LogP contribution < -0.4 is 11.5 Å². The Bertz CT molecular complexity index is 173. The van der Waals surface area contributed by atoms with Gasteiger partial charge in [0.25, 0.3) is 0 Å². The fourth-order valence-electron chi connectivity index (χ4n) is 1.59. The molecule has 0 heterocycles. The number of nitrogens with two attached hydrogens (primary N) is 2. The van der Waals surface area contributed by atoms with Gasteiger partial charge in [0.1, 0.15) is 5.60 Å². The lowest BCUT2D eigenvalue weighted by atomic mass is 10.1. The van der Waals surface area contributed by atoms with Gasteiger partial charge in [-0.05, 0) is 19.8 Å². The molecule has 4 nitrogen and oxygen atoms in total. The Balaban J connectivity index is 0.000000671. The zero-order valence-electron chi connectivity index (χ0n) is 8.67. The van der Waals surface area contributed by atoms with Gasteiger partial charge in [0, 0.05) is 12.5 Å². The zero-order chi connectivity index (χ0) is 10.5. The van der Waals surface area contributed by atoms with Crippen molar-refractivity contribution in [2.24, 2.45) is 11.5 Å². The van der Waals surface area contributed by atoms with E-state index in [2.05, 4.69) is 0 Å². The van der Waals surface area contributed by atoms with E-state index in [1.165, 1.54) is 0 Å². The number of carbonyl (C=O) groups excluding carboxylic acids is 1. The van der Waals surface area contributed by atoms with Gasteiger partial charge in [-0.2, -0.15) is 0 Å². The summed E-state index contributed by atoms with van der Waals surface area (Å²) in [5.74, 6) is 0. The molecule has 0 aromatic carbocycles. The molecular weight excluding hydrogens is 168 g/mol. The number of hydrogen-bond donors (Lipinski definition) is 2. The number of hydrogen-bond acceptors (Lipinski definition) is 3. The lowest BCUT2D eigenvalue weighted by Gasteiger charge is -2.22. The summed E-state index contributed by atoms with van der Waals surface area (Å²) in [5, 5.41) is 0. The van der Waals surface area contributed by atoms with Gasteiger partial charge in [0.05, 0.1) is 0 Å². The number of carbonyl (C=O) groups is 1. The summed E-state index contributed by atoms with van der Waals surface area (Å²) in [6.07, 6.45) is 1.73. The maximum atomic E-state index is 10.4. The first-order valence-electron chi connectivity index (χ1n) is 4.76. The average molecular weight is 188 g/mol. The number of amides is 1. The summed E-state index contributed by atoms with van der Waals surface area (Å²) in [4.78, 5) is 10.4. The van der Waals surface area contributed by atoms with Crippen molar-refractivity contribution in [2.75, 3.05) is 0 Å². The summed E-state index contributed by atoms with van der Waals surface area (Å²) in [7, 11) is 0. The first-order chi connectivity index (χ1) is 6.02. The minimum atomic E-state index is -0.707. The van der Waals surface area contributed by atoms with Gasteiger partial charge in [-0.15, -0.1) is 0 Å². The number of primary amides is 1. The number of ether oxygens (including phenoxy) is 1. The Morgan fingerprint density at radius 3 is 2.38 bits per heavy atom. The molecule has 0 aromatic rings. The average Bonchev–Trinajstić information content (AvgIpc) is 2.33. The molecule has 0 saturated heterocycles. The molecule has 4 N–H and O–H groups in total. The summed E-state index contributed by atoms with van der Waals surface area (Å²) >= 11 is 0. The molecule has 4 heteroatoms. The van der Waals surface area contributed by atoms with E-state index in [-0.39, 0.29) is 6.04 Å². The smallest absolute Gasteiger partial charge is 0.405 e. The van der Waals surface area contributed by atoms with E-state index in [0.29, 0.717) is 0 Å². The van der Waals surface area contributed by atoms with E-state index < -0.39 is 11.7 Å². The Morgan fingerprint density at radius 1 is 1.54 bits per heavy atom. The standard InChI is InChI=1S/C7H14N2O2.C2H6/c1-7(11-6(9)10)3-2-5(8)4-7;1-2/h5H,2-4,8H2,1H3,(H2,9,10);1-2H3. The van der Waals surface area contributed by atoms with Crippen molar-refractivity contribution in [3.8, 4) is 0 Å². The second-order valence-electron chi connectivity index (χ2n) is 3.37. The van der Waals surface area contributed by atoms with Gasteiger partial charge >= 0.3 is 6.09 Å². The Labute approximate surface area is 79.6 Å². The fraction of sp³-hybridized carbons (Fsp3) is 0.889. The third-order valence-electron chi connectivity index (χ3n) is 2.08. The van der Waals surface area contributed by atoms with Crippen molar-refractivity contribution in [2.45, 2.75) is 51.7 Å². The molecular formula is C9H20N2O2. The van der Waals surface area contributed by atoms with Gasteiger partial charge in [-0.3, -0.25) is 0 Å². The van der Waals surface area contributed by atoms with Crippen LogP contribution in [0.3, 0.4) is 0 Å². The molecule has 1 saturated carbocycles. The summed E-state index contributed by atoms with van der Waals surface area (Å²) < 4.78 is 4.93. The highest BCUT2D eigenvalue weighted by Gasteiger charge is 2.36. The van der Waals surface area contributed by atoms with Crippen LogP contribution in [0.25, 0.3) is 0 Å². The number of rotatable bonds is 1. The quantitative estimate of drug-likeness (QED) is 0.652. The molecule has 13 heavy (non-hydrogen) atoms.